The van der Waals surface area contributed by atoms with Crippen molar-refractivity contribution < 1.29 is 4.74 Å². The number of rotatable bonds is 4. The van der Waals surface area contributed by atoms with Crippen molar-refractivity contribution in [3.05, 3.63) is 64.8 Å². The molecule has 2 nitrogen and oxygen atoms in total. The molecule has 108 valence electrons. The van der Waals surface area contributed by atoms with Crippen LogP contribution in [0.2, 0.25) is 0 Å². The van der Waals surface area contributed by atoms with E-state index in [0.717, 1.165) is 16.8 Å². The van der Waals surface area contributed by atoms with Gasteiger partial charge in [-0.2, -0.15) is 0 Å². The zero-order valence-electron chi connectivity index (χ0n) is 12.2. The molecule has 0 spiro atoms. The monoisotopic (exact) mass is 343 g/mol. The minimum Gasteiger partial charge on any atom is -0.491 e. The molecule has 1 heterocycles. The van der Waals surface area contributed by atoms with Gasteiger partial charge in [0.25, 0.3) is 0 Å². The average Bonchev–Trinajstić information content (AvgIpc) is 2.83. The lowest BCUT2D eigenvalue weighted by Gasteiger charge is -2.10. The molecule has 2 aromatic carbocycles. The summed E-state index contributed by atoms with van der Waals surface area (Å²) in [6.45, 7) is 4.97. The number of aromatic nitrogens is 1. The van der Waals surface area contributed by atoms with Crippen molar-refractivity contribution >= 4 is 26.8 Å². The van der Waals surface area contributed by atoms with Crippen LogP contribution in [0, 0.1) is 0 Å². The molecular formula is C18H18BrNO. The summed E-state index contributed by atoms with van der Waals surface area (Å²) in [5.41, 5.74) is 2.52. The van der Waals surface area contributed by atoms with Crippen molar-refractivity contribution in [2.24, 2.45) is 0 Å². The Bertz CT molecular complexity index is 744. The lowest BCUT2D eigenvalue weighted by molar-refractivity contribution is 0.243. The van der Waals surface area contributed by atoms with Gasteiger partial charge in [0.2, 0.25) is 0 Å². The van der Waals surface area contributed by atoms with Crippen LogP contribution in [-0.2, 0) is 6.54 Å². The topological polar surface area (TPSA) is 14.2 Å². The van der Waals surface area contributed by atoms with Crippen LogP contribution in [0.15, 0.2) is 59.2 Å². The third kappa shape index (κ3) is 3.30. The quantitative estimate of drug-likeness (QED) is 0.631. The Morgan fingerprint density at radius 2 is 1.81 bits per heavy atom. The molecule has 21 heavy (non-hydrogen) atoms. The van der Waals surface area contributed by atoms with E-state index in [0.29, 0.717) is 0 Å². The van der Waals surface area contributed by atoms with Gasteiger partial charge in [-0.25, -0.2) is 0 Å². The van der Waals surface area contributed by atoms with Gasteiger partial charge >= 0.3 is 0 Å². The van der Waals surface area contributed by atoms with Crippen LogP contribution in [0.3, 0.4) is 0 Å². The van der Waals surface area contributed by atoms with Gasteiger partial charge in [0, 0.05) is 28.1 Å². The summed E-state index contributed by atoms with van der Waals surface area (Å²) in [4.78, 5) is 0. The first kappa shape index (κ1) is 14.2. The molecule has 0 N–H and O–H groups in total. The van der Waals surface area contributed by atoms with Gasteiger partial charge in [-0.05, 0) is 55.8 Å². The molecule has 0 bridgehead atoms. The van der Waals surface area contributed by atoms with E-state index in [9.17, 15) is 0 Å². The predicted octanol–water partition coefficient (Wildman–Crippen LogP) is 5.24. The number of benzene rings is 2. The van der Waals surface area contributed by atoms with Crippen molar-refractivity contribution in [1.29, 1.82) is 0 Å². The van der Waals surface area contributed by atoms with E-state index in [-0.39, 0.29) is 6.10 Å². The van der Waals surface area contributed by atoms with Gasteiger partial charge in [0.15, 0.2) is 0 Å². The highest BCUT2D eigenvalue weighted by molar-refractivity contribution is 9.10. The maximum absolute atomic E-state index is 5.75. The molecule has 0 saturated carbocycles. The second-order valence-corrected chi connectivity index (χ2v) is 6.37. The van der Waals surface area contributed by atoms with E-state index in [1.54, 1.807) is 0 Å². The molecule has 1 aromatic heterocycles. The maximum Gasteiger partial charge on any atom is 0.120 e. The SMILES string of the molecule is CC(C)Oc1ccc2c(ccn2Cc2ccc(Br)cc2)c1. The highest BCUT2D eigenvalue weighted by Gasteiger charge is 2.05. The van der Waals surface area contributed by atoms with Crippen molar-refractivity contribution in [3.63, 3.8) is 0 Å². The summed E-state index contributed by atoms with van der Waals surface area (Å²) in [5, 5.41) is 1.21. The highest BCUT2D eigenvalue weighted by atomic mass is 79.9. The third-order valence-corrected chi connectivity index (χ3v) is 3.91. The number of halogens is 1. The Labute approximate surface area is 133 Å². The van der Waals surface area contributed by atoms with Crippen LogP contribution in [0.1, 0.15) is 19.4 Å². The van der Waals surface area contributed by atoms with Gasteiger partial charge in [-0.3, -0.25) is 0 Å². The first-order valence-corrected chi connectivity index (χ1v) is 7.91. The number of hydrogen-bond acceptors (Lipinski definition) is 1. The van der Waals surface area contributed by atoms with Crippen molar-refractivity contribution in [3.8, 4) is 5.75 Å². The Balaban J connectivity index is 1.88. The van der Waals surface area contributed by atoms with Gasteiger partial charge < -0.3 is 9.30 Å². The van der Waals surface area contributed by atoms with Crippen LogP contribution >= 0.6 is 15.9 Å². The second-order valence-electron chi connectivity index (χ2n) is 5.46. The van der Waals surface area contributed by atoms with Gasteiger partial charge in [0.1, 0.15) is 5.75 Å². The van der Waals surface area contributed by atoms with E-state index in [1.807, 2.05) is 19.9 Å². The standard InChI is InChI=1S/C18H18BrNO/c1-13(2)21-17-7-8-18-15(11-17)9-10-20(18)12-14-3-5-16(19)6-4-14/h3-11,13H,12H2,1-2H3. The molecule has 0 unspecified atom stereocenters. The minimum atomic E-state index is 0.201. The van der Waals surface area contributed by atoms with Gasteiger partial charge in [-0.1, -0.05) is 28.1 Å². The molecule has 0 aliphatic heterocycles. The van der Waals surface area contributed by atoms with E-state index in [4.69, 9.17) is 4.74 Å². The van der Waals surface area contributed by atoms with Crippen LogP contribution in [0.4, 0.5) is 0 Å². The normalized spacial score (nSPS) is 11.2. The fraction of sp³-hybridized carbons (Fsp3) is 0.222. The number of nitrogens with zero attached hydrogens (tertiary/aromatic N) is 1. The van der Waals surface area contributed by atoms with Crippen LogP contribution in [-0.4, -0.2) is 10.7 Å². The summed E-state index contributed by atoms with van der Waals surface area (Å²) < 4.78 is 9.12. The number of fused-ring (bicyclic) bond motifs is 1. The molecule has 0 atom stereocenters. The van der Waals surface area contributed by atoms with Crippen molar-refractivity contribution in [1.82, 2.24) is 4.57 Å². The summed E-state index contributed by atoms with van der Waals surface area (Å²) in [6, 6.07) is 16.9. The lowest BCUT2D eigenvalue weighted by atomic mass is 10.2. The summed E-state index contributed by atoms with van der Waals surface area (Å²) in [5.74, 6) is 0.930. The largest absolute Gasteiger partial charge is 0.491 e. The van der Waals surface area contributed by atoms with Crippen LogP contribution in [0.25, 0.3) is 10.9 Å². The lowest BCUT2D eigenvalue weighted by Crippen LogP contribution is -2.05. The molecule has 0 saturated heterocycles. The number of ether oxygens (including phenoxy) is 1. The van der Waals surface area contributed by atoms with E-state index < -0.39 is 0 Å². The molecule has 0 amide bonds. The molecule has 0 radical (unpaired) electrons. The Morgan fingerprint density at radius 3 is 2.52 bits per heavy atom. The summed E-state index contributed by atoms with van der Waals surface area (Å²) >= 11 is 3.47. The first-order valence-electron chi connectivity index (χ1n) is 7.12. The zero-order valence-corrected chi connectivity index (χ0v) is 13.8. The molecule has 3 rings (SSSR count). The fourth-order valence-corrected chi connectivity index (χ4v) is 2.71. The van der Waals surface area contributed by atoms with E-state index in [1.165, 1.54) is 16.5 Å². The van der Waals surface area contributed by atoms with Gasteiger partial charge in [0.05, 0.1) is 6.10 Å². The molecule has 0 fully saturated rings. The Hall–Kier alpha value is -1.74. The maximum atomic E-state index is 5.75. The van der Waals surface area contributed by atoms with Crippen molar-refractivity contribution in [2.75, 3.05) is 0 Å². The van der Waals surface area contributed by atoms with Gasteiger partial charge in [-0.15, -0.1) is 0 Å². The summed E-state index contributed by atoms with van der Waals surface area (Å²) in [7, 11) is 0. The smallest absolute Gasteiger partial charge is 0.120 e. The predicted molar refractivity (Wildman–Crippen MR) is 90.9 cm³/mol. The minimum absolute atomic E-state index is 0.201. The molecule has 0 aliphatic rings. The van der Waals surface area contributed by atoms with Crippen LogP contribution < -0.4 is 4.74 Å². The van der Waals surface area contributed by atoms with E-state index >= 15 is 0 Å². The number of hydrogen-bond donors (Lipinski definition) is 0. The van der Waals surface area contributed by atoms with Crippen molar-refractivity contribution in [2.45, 2.75) is 26.5 Å². The average molecular weight is 344 g/mol. The molecule has 3 heteroatoms. The zero-order chi connectivity index (χ0) is 14.8. The van der Waals surface area contributed by atoms with E-state index in [2.05, 4.69) is 69.2 Å². The third-order valence-electron chi connectivity index (χ3n) is 3.38. The molecule has 0 aliphatic carbocycles. The molecule has 3 aromatic rings. The Morgan fingerprint density at radius 1 is 1.05 bits per heavy atom. The summed E-state index contributed by atoms with van der Waals surface area (Å²) in [6.07, 6.45) is 2.33. The highest BCUT2D eigenvalue weighted by Crippen LogP contribution is 2.24. The van der Waals surface area contributed by atoms with Crippen LogP contribution in [0.5, 0.6) is 5.75 Å². The second kappa shape index (κ2) is 5.94. The Kier molecular flexibility index (Phi) is 4.02. The first-order chi connectivity index (χ1) is 10.1. The fourth-order valence-electron chi connectivity index (χ4n) is 2.45. The molecular weight excluding hydrogens is 326 g/mol.